The van der Waals surface area contributed by atoms with Gasteiger partial charge in [-0.15, -0.1) is 0 Å². The predicted octanol–water partition coefficient (Wildman–Crippen LogP) is 0.820. The minimum atomic E-state index is -0.546. The summed E-state index contributed by atoms with van der Waals surface area (Å²) in [6, 6.07) is 8.29. The zero-order valence-electron chi connectivity index (χ0n) is 8.81. The van der Waals surface area contributed by atoms with Crippen molar-refractivity contribution in [2.24, 2.45) is 0 Å². The van der Waals surface area contributed by atoms with Gasteiger partial charge in [0, 0.05) is 11.1 Å². The molecule has 0 atom stereocenters. The fourth-order valence-corrected chi connectivity index (χ4v) is 1.69. The van der Waals surface area contributed by atoms with E-state index in [0.29, 0.717) is 5.02 Å². The molecular weight excluding hydrogens is 242 g/mol. The van der Waals surface area contributed by atoms with Crippen molar-refractivity contribution < 1.29 is 0 Å². The standard InChI is InChI=1S/C11H10ClN3O2/c12-8-4-2-1-3-7(8)6-15-9(13)5-10(16)14-11(15)17/h1-5H,6,13H2,(H,14,16,17). The zero-order chi connectivity index (χ0) is 12.4. The Bertz CT molecular complexity index is 660. The molecule has 2 aromatic rings. The first-order chi connectivity index (χ1) is 8.08. The first-order valence-corrected chi connectivity index (χ1v) is 5.29. The molecule has 0 saturated heterocycles. The smallest absolute Gasteiger partial charge is 0.330 e. The number of nitrogen functional groups attached to an aromatic ring is 1. The Morgan fingerprint density at radius 3 is 2.65 bits per heavy atom. The quantitative estimate of drug-likeness (QED) is 0.829. The zero-order valence-corrected chi connectivity index (χ0v) is 9.57. The number of anilines is 1. The van der Waals surface area contributed by atoms with Gasteiger partial charge in [-0.3, -0.25) is 14.3 Å². The molecular formula is C11H10ClN3O2. The van der Waals surface area contributed by atoms with Crippen LogP contribution in [0, 0.1) is 0 Å². The van der Waals surface area contributed by atoms with E-state index < -0.39 is 11.2 Å². The van der Waals surface area contributed by atoms with E-state index in [4.69, 9.17) is 17.3 Å². The summed E-state index contributed by atoms with van der Waals surface area (Å²) in [5, 5.41) is 0.546. The van der Waals surface area contributed by atoms with Crippen molar-refractivity contribution in [1.29, 1.82) is 0 Å². The monoisotopic (exact) mass is 251 g/mol. The largest absolute Gasteiger partial charge is 0.385 e. The molecule has 17 heavy (non-hydrogen) atoms. The predicted molar refractivity (Wildman–Crippen MR) is 66.3 cm³/mol. The summed E-state index contributed by atoms with van der Waals surface area (Å²) < 4.78 is 1.25. The molecule has 2 rings (SSSR count). The lowest BCUT2D eigenvalue weighted by Gasteiger charge is -2.09. The molecule has 0 fully saturated rings. The summed E-state index contributed by atoms with van der Waals surface area (Å²) in [7, 11) is 0. The van der Waals surface area contributed by atoms with Crippen molar-refractivity contribution in [2.45, 2.75) is 6.54 Å². The molecule has 5 nitrogen and oxygen atoms in total. The number of nitrogens with zero attached hydrogens (tertiary/aromatic N) is 1. The molecule has 0 unspecified atom stereocenters. The van der Waals surface area contributed by atoms with Gasteiger partial charge in [0.1, 0.15) is 5.82 Å². The van der Waals surface area contributed by atoms with E-state index in [0.717, 1.165) is 11.6 Å². The van der Waals surface area contributed by atoms with Crippen molar-refractivity contribution in [1.82, 2.24) is 9.55 Å². The lowest BCUT2D eigenvalue weighted by molar-refractivity contribution is 0.733. The van der Waals surface area contributed by atoms with E-state index in [9.17, 15) is 9.59 Å². The number of halogens is 1. The molecule has 3 N–H and O–H groups in total. The second kappa shape index (κ2) is 4.47. The first-order valence-electron chi connectivity index (χ1n) is 4.91. The van der Waals surface area contributed by atoms with Crippen molar-refractivity contribution in [2.75, 3.05) is 5.73 Å². The van der Waals surface area contributed by atoms with E-state index in [1.807, 2.05) is 6.07 Å². The normalized spacial score (nSPS) is 10.4. The van der Waals surface area contributed by atoms with Crippen LogP contribution >= 0.6 is 11.6 Å². The van der Waals surface area contributed by atoms with Gasteiger partial charge in [-0.25, -0.2) is 4.79 Å². The highest BCUT2D eigenvalue weighted by Gasteiger charge is 2.06. The molecule has 0 aliphatic rings. The third kappa shape index (κ3) is 2.39. The van der Waals surface area contributed by atoms with Crippen LogP contribution in [-0.4, -0.2) is 9.55 Å². The first kappa shape index (κ1) is 11.5. The Labute approximate surface area is 101 Å². The van der Waals surface area contributed by atoms with Crippen LogP contribution in [0.25, 0.3) is 0 Å². The van der Waals surface area contributed by atoms with Crippen LogP contribution in [0.3, 0.4) is 0 Å². The number of H-pyrrole nitrogens is 1. The van der Waals surface area contributed by atoms with Crippen molar-refractivity contribution >= 4 is 17.4 Å². The number of benzene rings is 1. The van der Waals surface area contributed by atoms with Crippen LogP contribution in [0.2, 0.25) is 5.02 Å². The molecule has 1 heterocycles. The number of rotatable bonds is 2. The molecule has 0 amide bonds. The fourth-order valence-electron chi connectivity index (χ4n) is 1.50. The van der Waals surface area contributed by atoms with Crippen LogP contribution in [0.15, 0.2) is 39.9 Å². The minimum absolute atomic E-state index is 0.110. The third-order valence-corrected chi connectivity index (χ3v) is 2.72. The number of hydrogen-bond acceptors (Lipinski definition) is 3. The maximum absolute atomic E-state index is 11.6. The van der Waals surface area contributed by atoms with Crippen molar-refractivity contribution in [3.8, 4) is 0 Å². The second-order valence-corrected chi connectivity index (χ2v) is 3.95. The summed E-state index contributed by atoms with van der Waals surface area (Å²) in [6.45, 7) is 0.223. The van der Waals surface area contributed by atoms with Crippen LogP contribution < -0.4 is 17.0 Å². The van der Waals surface area contributed by atoms with Gasteiger partial charge in [-0.2, -0.15) is 0 Å². The Kier molecular flexibility index (Phi) is 3.01. The molecule has 1 aromatic heterocycles. The molecule has 0 saturated carbocycles. The van der Waals surface area contributed by atoms with E-state index >= 15 is 0 Å². The van der Waals surface area contributed by atoms with Gasteiger partial charge in [0.15, 0.2) is 0 Å². The number of aromatic amines is 1. The van der Waals surface area contributed by atoms with E-state index in [-0.39, 0.29) is 12.4 Å². The van der Waals surface area contributed by atoms with Crippen LogP contribution in [0.1, 0.15) is 5.56 Å². The molecule has 0 bridgehead atoms. The maximum atomic E-state index is 11.6. The summed E-state index contributed by atoms with van der Waals surface area (Å²) in [5.41, 5.74) is 5.32. The van der Waals surface area contributed by atoms with E-state index in [1.54, 1.807) is 18.2 Å². The van der Waals surface area contributed by atoms with Crippen molar-refractivity contribution in [3.05, 3.63) is 61.8 Å². The maximum Gasteiger partial charge on any atom is 0.330 e. The van der Waals surface area contributed by atoms with Gasteiger partial charge in [0.2, 0.25) is 0 Å². The molecule has 0 aliphatic carbocycles. The van der Waals surface area contributed by atoms with Gasteiger partial charge in [-0.05, 0) is 11.6 Å². The Hall–Kier alpha value is -2.01. The summed E-state index contributed by atoms with van der Waals surface area (Å²) >= 11 is 5.98. The fraction of sp³-hybridized carbons (Fsp3) is 0.0909. The van der Waals surface area contributed by atoms with Gasteiger partial charge in [-0.1, -0.05) is 29.8 Å². The van der Waals surface area contributed by atoms with E-state index in [1.165, 1.54) is 4.57 Å². The summed E-state index contributed by atoms with van der Waals surface area (Å²) in [5.74, 6) is 0.110. The third-order valence-electron chi connectivity index (χ3n) is 2.35. The minimum Gasteiger partial charge on any atom is -0.385 e. The molecule has 6 heteroatoms. The molecule has 88 valence electrons. The van der Waals surface area contributed by atoms with Crippen LogP contribution in [-0.2, 0) is 6.54 Å². The lowest BCUT2D eigenvalue weighted by Crippen LogP contribution is -2.31. The molecule has 0 aliphatic heterocycles. The van der Waals surface area contributed by atoms with Gasteiger partial charge in [0.25, 0.3) is 5.56 Å². The Balaban J connectivity index is 2.48. The summed E-state index contributed by atoms with van der Waals surface area (Å²) in [6.07, 6.45) is 0. The average Bonchev–Trinajstić information content (AvgIpc) is 2.25. The second-order valence-electron chi connectivity index (χ2n) is 3.54. The number of nitrogens with two attached hydrogens (primary N) is 1. The van der Waals surface area contributed by atoms with Gasteiger partial charge < -0.3 is 5.73 Å². The highest BCUT2D eigenvalue weighted by molar-refractivity contribution is 6.31. The lowest BCUT2D eigenvalue weighted by atomic mass is 10.2. The molecule has 0 radical (unpaired) electrons. The van der Waals surface area contributed by atoms with Crippen LogP contribution in [0.4, 0.5) is 5.82 Å². The van der Waals surface area contributed by atoms with Crippen LogP contribution in [0.5, 0.6) is 0 Å². The van der Waals surface area contributed by atoms with E-state index in [2.05, 4.69) is 4.98 Å². The van der Waals surface area contributed by atoms with Gasteiger partial charge in [0.05, 0.1) is 6.54 Å². The van der Waals surface area contributed by atoms with Crippen molar-refractivity contribution in [3.63, 3.8) is 0 Å². The average molecular weight is 252 g/mol. The number of aromatic nitrogens is 2. The summed E-state index contributed by atoms with van der Waals surface area (Å²) in [4.78, 5) is 24.7. The molecule has 0 spiro atoms. The highest BCUT2D eigenvalue weighted by Crippen LogP contribution is 2.16. The Morgan fingerprint density at radius 1 is 1.29 bits per heavy atom. The number of hydrogen-bond donors (Lipinski definition) is 2. The molecule has 1 aromatic carbocycles. The Morgan fingerprint density at radius 2 is 2.00 bits per heavy atom. The number of nitrogens with one attached hydrogen (secondary N) is 1. The topological polar surface area (TPSA) is 80.9 Å². The van der Waals surface area contributed by atoms with Gasteiger partial charge >= 0.3 is 5.69 Å². The highest BCUT2D eigenvalue weighted by atomic mass is 35.5. The SMILES string of the molecule is Nc1cc(=O)[nH]c(=O)n1Cc1ccccc1Cl.